The summed E-state index contributed by atoms with van der Waals surface area (Å²) in [7, 11) is 1.69. The molecule has 1 saturated carbocycles. The van der Waals surface area contributed by atoms with Gasteiger partial charge in [-0.1, -0.05) is 0 Å². The Hall–Kier alpha value is -0.150. The van der Waals surface area contributed by atoms with Gasteiger partial charge in [0, 0.05) is 19.8 Å². The Bertz CT molecular complexity index is 121. The van der Waals surface area contributed by atoms with E-state index >= 15 is 0 Å². The highest BCUT2D eigenvalue weighted by Gasteiger charge is 2.25. The van der Waals surface area contributed by atoms with Crippen molar-refractivity contribution in [3.8, 4) is 0 Å². The summed E-state index contributed by atoms with van der Waals surface area (Å²) in [6, 6.07) is 0.113. The fraction of sp³-hybridized carbons (Fsp3) is 1.00. The first-order chi connectivity index (χ1) is 5.84. The van der Waals surface area contributed by atoms with Crippen LogP contribution < -0.4 is 5.32 Å². The van der Waals surface area contributed by atoms with E-state index in [-0.39, 0.29) is 6.04 Å². The van der Waals surface area contributed by atoms with E-state index in [9.17, 15) is 4.39 Å². The van der Waals surface area contributed by atoms with Crippen LogP contribution >= 0.6 is 0 Å². The van der Waals surface area contributed by atoms with Gasteiger partial charge >= 0.3 is 0 Å². The average molecular weight is 175 g/mol. The molecular formula is C9H18FNO. The number of halogens is 1. The van der Waals surface area contributed by atoms with Crippen molar-refractivity contribution in [1.29, 1.82) is 0 Å². The Kier molecular flexibility index (Phi) is 4.54. The van der Waals surface area contributed by atoms with Crippen molar-refractivity contribution >= 4 is 0 Å². The highest BCUT2D eigenvalue weighted by Crippen LogP contribution is 2.21. The van der Waals surface area contributed by atoms with E-state index in [1.807, 2.05) is 0 Å². The standard InChI is InChI=1S/C9H18FNO/c1-12-7-3-6-11-9-5-2-4-8(9)10/h8-9,11H,2-7H2,1H3/t8-,9-/m1/s1. The van der Waals surface area contributed by atoms with Crippen molar-refractivity contribution in [2.75, 3.05) is 20.3 Å². The van der Waals surface area contributed by atoms with Gasteiger partial charge in [-0.25, -0.2) is 4.39 Å². The molecule has 0 radical (unpaired) electrons. The van der Waals surface area contributed by atoms with Gasteiger partial charge in [0.1, 0.15) is 6.17 Å². The molecule has 0 aromatic heterocycles. The Morgan fingerprint density at radius 3 is 2.92 bits per heavy atom. The number of methoxy groups -OCH3 is 1. The van der Waals surface area contributed by atoms with Crippen molar-refractivity contribution in [1.82, 2.24) is 5.32 Å². The molecule has 1 N–H and O–H groups in total. The van der Waals surface area contributed by atoms with Crippen LogP contribution in [0.15, 0.2) is 0 Å². The second-order valence-electron chi connectivity index (χ2n) is 3.35. The molecule has 0 aliphatic heterocycles. The molecule has 1 aliphatic rings. The fourth-order valence-corrected chi connectivity index (χ4v) is 1.65. The van der Waals surface area contributed by atoms with Gasteiger partial charge in [0.05, 0.1) is 0 Å². The summed E-state index contributed by atoms with van der Waals surface area (Å²) < 4.78 is 17.9. The Morgan fingerprint density at radius 1 is 1.50 bits per heavy atom. The van der Waals surface area contributed by atoms with Crippen LogP contribution in [-0.2, 0) is 4.74 Å². The molecule has 12 heavy (non-hydrogen) atoms. The third kappa shape index (κ3) is 3.07. The van der Waals surface area contributed by atoms with E-state index in [1.54, 1.807) is 7.11 Å². The molecule has 0 amide bonds. The molecule has 2 atom stereocenters. The van der Waals surface area contributed by atoms with Gasteiger partial charge in [-0.05, 0) is 32.2 Å². The highest BCUT2D eigenvalue weighted by atomic mass is 19.1. The van der Waals surface area contributed by atoms with E-state index in [4.69, 9.17) is 4.74 Å². The lowest BCUT2D eigenvalue weighted by Gasteiger charge is -2.14. The molecule has 0 spiro atoms. The molecule has 72 valence electrons. The Labute approximate surface area is 73.5 Å². The molecule has 1 fully saturated rings. The maximum absolute atomic E-state index is 13.0. The van der Waals surface area contributed by atoms with Crippen molar-refractivity contribution in [2.45, 2.75) is 37.9 Å². The molecule has 0 saturated heterocycles. The van der Waals surface area contributed by atoms with Gasteiger partial charge in [0.25, 0.3) is 0 Å². The zero-order valence-electron chi connectivity index (χ0n) is 7.68. The van der Waals surface area contributed by atoms with Crippen molar-refractivity contribution in [2.24, 2.45) is 0 Å². The van der Waals surface area contributed by atoms with Crippen LogP contribution in [0, 0.1) is 0 Å². The van der Waals surface area contributed by atoms with E-state index < -0.39 is 6.17 Å². The molecule has 2 nitrogen and oxygen atoms in total. The Morgan fingerprint density at radius 2 is 2.33 bits per heavy atom. The quantitative estimate of drug-likeness (QED) is 0.639. The van der Waals surface area contributed by atoms with Gasteiger partial charge in [0.2, 0.25) is 0 Å². The van der Waals surface area contributed by atoms with Crippen molar-refractivity contribution < 1.29 is 9.13 Å². The summed E-state index contributed by atoms with van der Waals surface area (Å²) in [6.45, 7) is 1.63. The number of alkyl halides is 1. The Balaban J connectivity index is 1.98. The van der Waals surface area contributed by atoms with Gasteiger partial charge in [-0.3, -0.25) is 0 Å². The monoisotopic (exact) mass is 175 g/mol. The van der Waals surface area contributed by atoms with Crippen molar-refractivity contribution in [3.63, 3.8) is 0 Å². The predicted octanol–water partition coefficient (Wildman–Crippen LogP) is 1.50. The predicted molar refractivity (Wildman–Crippen MR) is 47.0 cm³/mol. The number of rotatable bonds is 5. The SMILES string of the molecule is COCCCN[C@@H]1CCC[C@H]1F. The molecule has 1 rings (SSSR count). The lowest BCUT2D eigenvalue weighted by atomic mass is 10.2. The maximum atomic E-state index is 13.0. The van der Waals surface area contributed by atoms with Crippen LogP contribution in [0.5, 0.6) is 0 Å². The van der Waals surface area contributed by atoms with Gasteiger partial charge in [0.15, 0.2) is 0 Å². The number of ether oxygens (including phenoxy) is 1. The molecule has 0 unspecified atom stereocenters. The molecule has 1 aliphatic carbocycles. The third-order valence-corrected chi connectivity index (χ3v) is 2.36. The number of nitrogens with one attached hydrogen (secondary N) is 1. The molecule has 0 bridgehead atoms. The lowest BCUT2D eigenvalue weighted by Crippen LogP contribution is -2.34. The zero-order valence-corrected chi connectivity index (χ0v) is 7.68. The first-order valence-electron chi connectivity index (χ1n) is 4.71. The maximum Gasteiger partial charge on any atom is 0.115 e. The molecule has 0 aromatic carbocycles. The summed E-state index contributed by atoms with van der Waals surface area (Å²) >= 11 is 0. The molecular weight excluding hydrogens is 157 g/mol. The molecule has 0 heterocycles. The summed E-state index contributed by atoms with van der Waals surface area (Å²) in [5.41, 5.74) is 0. The van der Waals surface area contributed by atoms with Crippen LogP contribution in [0.4, 0.5) is 4.39 Å². The minimum Gasteiger partial charge on any atom is -0.385 e. The topological polar surface area (TPSA) is 21.3 Å². The third-order valence-electron chi connectivity index (χ3n) is 2.36. The highest BCUT2D eigenvalue weighted by molar-refractivity contribution is 4.82. The fourth-order valence-electron chi connectivity index (χ4n) is 1.65. The summed E-state index contributed by atoms with van der Waals surface area (Å²) in [5.74, 6) is 0. The first kappa shape index (κ1) is 9.93. The van der Waals surface area contributed by atoms with E-state index in [0.717, 1.165) is 38.8 Å². The molecule has 3 heteroatoms. The van der Waals surface area contributed by atoms with Gasteiger partial charge in [-0.2, -0.15) is 0 Å². The zero-order chi connectivity index (χ0) is 8.81. The average Bonchev–Trinajstić information content (AvgIpc) is 2.46. The van der Waals surface area contributed by atoms with Crippen LogP contribution in [-0.4, -0.2) is 32.5 Å². The minimum absolute atomic E-state index is 0.113. The van der Waals surface area contributed by atoms with E-state index in [1.165, 1.54) is 0 Å². The van der Waals surface area contributed by atoms with Crippen LogP contribution in [0.1, 0.15) is 25.7 Å². The smallest absolute Gasteiger partial charge is 0.115 e. The van der Waals surface area contributed by atoms with E-state index in [0.29, 0.717) is 0 Å². The second kappa shape index (κ2) is 5.49. The minimum atomic E-state index is -0.618. The van der Waals surface area contributed by atoms with Crippen molar-refractivity contribution in [3.05, 3.63) is 0 Å². The second-order valence-corrected chi connectivity index (χ2v) is 3.35. The number of hydrogen-bond donors (Lipinski definition) is 1. The lowest BCUT2D eigenvalue weighted by molar-refractivity contribution is 0.190. The summed E-state index contributed by atoms with van der Waals surface area (Å²) in [4.78, 5) is 0. The van der Waals surface area contributed by atoms with Gasteiger partial charge in [-0.15, -0.1) is 0 Å². The summed E-state index contributed by atoms with van der Waals surface area (Å²) in [6.07, 6.45) is 3.12. The first-order valence-corrected chi connectivity index (χ1v) is 4.71. The summed E-state index contributed by atoms with van der Waals surface area (Å²) in [5, 5.41) is 3.21. The largest absolute Gasteiger partial charge is 0.385 e. The van der Waals surface area contributed by atoms with Crippen LogP contribution in [0.3, 0.4) is 0 Å². The van der Waals surface area contributed by atoms with Gasteiger partial charge < -0.3 is 10.1 Å². The number of hydrogen-bond acceptors (Lipinski definition) is 2. The normalized spacial score (nSPS) is 29.5. The van der Waals surface area contributed by atoms with E-state index in [2.05, 4.69) is 5.32 Å². The van der Waals surface area contributed by atoms with Crippen LogP contribution in [0.25, 0.3) is 0 Å². The molecule has 0 aromatic rings. The van der Waals surface area contributed by atoms with Crippen LogP contribution in [0.2, 0.25) is 0 Å².